The number of rotatable bonds is 4. The lowest BCUT2D eigenvalue weighted by Crippen LogP contribution is -2.31. The number of nitrogens with zero attached hydrogens (tertiary/aromatic N) is 4. The first-order valence-corrected chi connectivity index (χ1v) is 9.42. The second-order valence-electron chi connectivity index (χ2n) is 6.15. The molecule has 1 aliphatic rings. The van der Waals surface area contributed by atoms with E-state index < -0.39 is 0 Å². The monoisotopic (exact) mass is 366 g/mol. The van der Waals surface area contributed by atoms with Gasteiger partial charge in [-0.15, -0.1) is 11.3 Å². The minimum Gasteiger partial charge on any atom is -0.439 e. The van der Waals surface area contributed by atoms with Gasteiger partial charge in [0.15, 0.2) is 5.82 Å². The molecule has 0 N–H and O–H groups in total. The first kappa shape index (κ1) is 16.7. The van der Waals surface area contributed by atoms with E-state index in [1.165, 1.54) is 11.3 Å². The lowest BCUT2D eigenvalue weighted by molar-refractivity contribution is 0.0724. The van der Waals surface area contributed by atoms with Crippen molar-refractivity contribution in [1.29, 1.82) is 0 Å². The fourth-order valence-electron chi connectivity index (χ4n) is 3.12. The molecule has 7 heteroatoms. The Morgan fingerprint density at radius 3 is 2.88 bits per heavy atom. The number of likely N-dealkylation sites (tertiary alicyclic amines) is 1. The van der Waals surface area contributed by atoms with Gasteiger partial charge in [0.25, 0.3) is 5.91 Å². The molecule has 26 heavy (non-hydrogen) atoms. The maximum Gasteiger partial charge on any atom is 0.273 e. The smallest absolute Gasteiger partial charge is 0.273 e. The molecule has 0 spiro atoms. The highest BCUT2D eigenvalue weighted by Crippen LogP contribution is 2.32. The van der Waals surface area contributed by atoms with Gasteiger partial charge in [0.1, 0.15) is 11.4 Å². The van der Waals surface area contributed by atoms with E-state index >= 15 is 0 Å². The van der Waals surface area contributed by atoms with Crippen molar-refractivity contribution in [3.05, 3.63) is 64.5 Å². The Bertz CT molecular complexity index is 899. The molecule has 3 heterocycles. The number of hydrogen-bond donors (Lipinski definition) is 0. The molecule has 0 bridgehead atoms. The second-order valence-corrected chi connectivity index (χ2v) is 6.87. The summed E-state index contributed by atoms with van der Waals surface area (Å²) < 4.78 is 5.86. The van der Waals surface area contributed by atoms with E-state index in [0.717, 1.165) is 24.3 Å². The zero-order chi connectivity index (χ0) is 17.9. The average Bonchev–Trinajstić information content (AvgIpc) is 3.33. The normalized spacial score (nSPS) is 16.7. The first-order valence-electron chi connectivity index (χ1n) is 8.48. The van der Waals surface area contributed by atoms with Gasteiger partial charge in [-0.2, -0.15) is 4.98 Å². The number of aromatic nitrogens is 3. The van der Waals surface area contributed by atoms with Crippen molar-refractivity contribution in [3.8, 4) is 11.6 Å². The molecule has 1 unspecified atom stereocenters. The van der Waals surface area contributed by atoms with Crippen LogP contribution in [0.1, 0.15) is 40.9 Å². The summed E-state index contributed by atoms with van der Waals surface area (Å²) in [6.07, 6.45) is 1.76. The highest BCUT2D eigenvalue weighted by molar-refractivity contribution is 7.07. The molecule has 1 aromatic carbocycles. The molecule has 2 aromatic heterocycles. The zero-order valence-electron chi connectivity index (χ0n) is 14.3. The SMILES string of the molecule is Cc1cc(Oc2ccccc2)nc(C2CCCN2C(=O)c2cscn2)n1. The average molecular weight is 366 g/mol. The summed E-state index contributed by atoms with van der Waals surface area (Å²) in [5.41, 5.74) is 2.97. The van der Waals surface area contributed by atoms with Crippen molar-refractivity contribution >= 4 is 17.2 Å². The molecular formula is C19H18N4O2S. The Balaban J connectivity index is 1.61. The number of benzene rings is 1. The van der Waals surface area contributed by atoms with Crippen molar-refractivity contribution in [1.82, 2.24) is 19.9 Å². The maximum atomic E-state index is 12.7. The van der Waals surface area contributed by atoms with Crippen molar-refractivity contribution in [2.75, 3.05) is 6.54 Å². The molecule has 6 nitrogen and oxygen atoms in total. The Labute approximate surface area is 155 Å². The van der Waals surface area contributed by atoms with Crippen LogP contribution < -0.4 is 4.74 Å². The van der Waals surface area contributed by atoms with Gasteiger partial charge < -0.3 is 9.64 Å². The minimum absolute atomic E-state index is 0.0654. The van der Waals surface area contributed by atoms with E-state index in [2.05, 4.69) is 15.0 Å². The van der Waals surface area contributed by atoms with E-state index in [1.54, 1.807) is 17.0 Å². The number of carbonyl (C=O) groups excluding carboxylic acids is 1. The quantitative estimate of drug-likeness (QED) is 0.698. The summed E-state index contributed by atoms with van der Waals surface area (Å²) in [7, 11) is 0. The number of para-hydroxylation sites is 1. The van der Waals surface area contributed by atoms with Gasteiger partial charge in [0.05, 0.1) is 11.6 Å². The number of amides is 1. The van der Waals surface area contributed by atoms with Crippen LogP contribution in [0.3, 0.4) is 0 Å². The summed E-state index contributed by atoms with van der Waals surface area (Å²) in [6.45, 7) is 2.60. The lowest BCUT2D eigenvalue weighted by Gasteiger charge is -2.23. The van der Waals surface area contributed by atoms with Gasteiger partial charge in [-0.25, -0.2) is 9.97 Å². The van der Waals surface area contributed by atoms with Gasteiger partial charge in [-0.3, -0.25) is 4.79 Å². The summed E-state index contributed by atoms with van der Waals surface area (Å²) in [5.74, 6) is 1.77. The van der Waals surface area contributed by atoms with Gasteiger partial charge >= 0.3 is 0 Å². The second kappa shape index (κ2) is 7.21. The van der Waals surface area contributed by atoms with Crippen LogP contribution in [-0.4, -0.2) is 32.3 Å². The van der Waals surface area contributed by atoms with Crippen LogP contribution in [0.25, 0.3) is 0 Å². The van der Waals surface area contributed by atoms with Crippen LogP contribution >= 0.6 is 11.3 Å². The Kier molecular flexibility index (Phi) is 4.62. The lowest BCUT2D eigenvalue weighted by atomic mass is 10.2. The van der Waals surface area contributed by atoms with Crippen molar-refractivity contribution in [3.63, 3.8) is 0 Å². The molecule has 0 radical (unpaired) electrons. The number of aryl methyl sites for hydroxylation is 1. The summed E-state index contributed by atoms with van der Waals surface area (Å²) in [4.78, 5) is 27.8. The molecule has 1 aliphatic heterocycles. The van der Waals surface area contributed by atoms with Crippen LogP contribution in [0.5, 0.6) is 11.6 Å². The fraction of sp³-hybridized carbons (Fsp3) is 0.263. The number of carbonyl (C=O) groups is 1. The Morgan fingerprint density at radius 2 is 2.12 bits per heavy atom. The summed E-state index contributed by atoms with van der Waals surface area (Å²) in [5, 5.41) is 1.78. The Morgan fingerprint density at radius 1 is 1.27 bits per heavy atom. The third kappa shape index (κ3) is 3.43. The summed E-state index contributed by atoms with van der Waals surface area (Å²) >= 11 is 1.42. The number of ether oxygens (including phenoxy) is 1. The van der Waals surface area contributed by atoms with Crippen molar-refractivity contribution < 1.29 is 9.53 Å². The van der Waals surface area contributed by atoms with E-state index in [4.69, 9.17) is 4.74 Å². The van der Waals surface area contributed by atoms with Gasteiger partial charge in [-0.05, 0) is 31.9 Å². The predicted molar refractivity (Wildman–Crippen MR) is 98.4 cm³/mol. The zero-order valence-corrected chi connectivity index (χ0v) is 15.1. The topological polar surface area (TPSA) is 68.2 Å². The molecule has 3 aromatic rings. The maximum absolute atomic E-state index is 12.7. The molecular weight excluding hydrogens is 348 g/mol. The van der Waals surface area contributed by atoms with E-state index in [9.17, 15) is 4.79 Å². The van der Waals surface area contributed by atoms with Crippen LogP contribution in [-0.2, 0) is 0 Å². The minimum atomic E-state index is -0.151. The number of thiazole rings is 1. The van der Waals surface area contributed by atoms with Gasteiger partial charge in [-0.1, -0.05) is 18.2 Å². The van der Waals surface area contributed by atoms with Crippen LogP contribution in [0.2, 0.25) is 0 Å². The fourth-order valence-corrected chi connectivity index (χ4v) is 3.64. The molecule has 1 saturated heterocycles. The van der Waals surface area contributed by atoms with Crippen LogP contribution in [0.15, 0.2) is 47.3 Å². The van der Waals surface area contributed by atoms with E-state index in [0.29, 0.717) is 23.9 Å². The van der Waals surface area contributed by atoms with Gasteiger partial charge in [0, 0.05) is 23.7 Å². The third-order valence-corrected chi connectivity index (χ3v) is 4.86. The molecule has 132 valence electrons. The van der Waals surface area contributed by atoms with Crippen LogP contribution in [0.4, 0.5) is 0 Å². The molecule has 0 aliphatic carbocycles. The van der Waals surface area contributed by atoms with Gasteiger partial charge in [0.2, 0.25) is 5.88 Å². The van der Waals surface area contributed by atoms with E-state index in [-0.39, 0.29) is 11.9 Å². The molecule has 4 rings (SSSR count). The predicted octanol–water partition coefficient (Wildman–Crippen LogP) is 4.01. The highest BCUT2D eigenvalue weighted by Gasteiger charge is 2.33. The van der Waals surface area contributed by atoms with E-state index in [1.807, 2.05) is 42.2 Å². The summed E-state index contributed by atoms with van der Waals surface area (Å²) in [6, 6.07) is 11.2. The first-order chi connectivity index (χ1) is 12.7. The number of hydrogen-bond acceptors (Lipinski definition) is 6. The standard InChI is InChI=1S/C19H18N4O2S/c1-13-10-17(25-14-6-3-2-4-7-14)22-18(21-13)16-8-5-9-23(16)19(24)15-11-26-12-20-15/h2-4,6-7,10-12,16H,5,8-9H2,1H3. The van der Waals surface area contributed by atoms with Crippen LogP contribution in [0, 0.1) is 6.92 Å². The van der Waals surface area contributed by atoms with Crippen molar-refractivity contribution in [2.24, 2.45) is 0 Å². The molecule has 0 saturated carbocycles. The van der Waals surface area contributed by atoms with Crippen molar-refractivity contribution in [2.45, 2.75) is 25.8 Å². The highest BCUT2D eigenvalue weighted by atomic mass is 32.1. The molecule has 1 amide bonds. The molecule has 1 atom stereocenters. The molecule has 1 fully saturated rings. The Hall–Kier alpha value is -2.80. The third-order valence-electron chi connectivity index (χ3n) is 4.28. The largest absolute Gasteiger partial charge is 0.439 e.